The highest BCUT2D eigenvalue weighted by molar-refractivity contribution is 5.68. The molecule has 1 amide bonds. The highest BCUT2D eigenvalue weighted by Crippen LogP contribution is 2.14. The average molecular weight is 309 g/mol. The Morgan fingerprint density at radius 2 is 2.00 bits per heavy atom. The number of amides is 1. The zero-order chi connectivity index (χ0) is 16.3. The molecule has 0 saturated carbocycles. The van der Waals surface area contributed by atoms with Crippen molar-refractivity contribution in [1.29, 1.82) is 0 Å². The number of aromatic nitrogens is 2. The van der Waals surface area contributed by atoms with Crippen LogP contribution in [0, 0.1) is 0 Å². The van der Waals surface area contributed by atoms with E-state index in [2.05, 4.69) is 9.97 Å². The first-order valence-corrected chi connectivity index (χ1v) is 7.31. The van der Waals surface area contributed by atoms with Crippen molar-refractivity contribution in [1.82, 2.24) is 14.9 Å². The Morgan fingerprint density at radius 3 is 2.55 bits per heavy atom. The molecule has 0 bridgehead atoms. The summed E-state index contributed by atoms with van der Waals surface area (Å²) < 4.78 is 5.35. The monoisotopic (exact) mass is 309 g/mol. The zero-order valence-electron chi connectivity index (χ0n) is 13.3. The number of anilines is 1. The van der Waals surface area contributed by atoms with Crippen LogP contribution >= 0.6 is 0 Å². The van der Waals surface area contributed by atoms with Crippen LogP contribution in [0.1, 0.15) is 26.5 Å². The molecule has 0 radical (unpaired) electrons. The summed E-state index contributed by atoms with van der Waals surface area (Å²) in [6.07, 6.45) is -0.315. The van der Waals surface area contributed by atoms with Crippen LogP contribution in [-0.4, -0.2) is 52.7 Å². The molecule has 0 aromatic carbocycles. The summed E-state index contributed by atoms with van der Waals surface area (Å²) >= 11 is 0. The molecule has 0 spiro atoms. The molecule has 0 atom stereocenters. The van der Waals surface area contributed by atoms with Gasteiger partial charge in [0.2, 0.25) is 5.95 Å². The highest BCUT2D eigenvalue weighted by atomic mass is 16.6. The topological polar surface area (TPSA) is 105 Å². The van der Waals surface area contributed by atoms with Crippen LogP contribution in [0.4, 0.5) is 10.7 Å². The van der Waals surface area contributed by atoms with Gasteiger partial charge in [0.15, 0.2) is 0 Å². The van der Waals surface area contributed by atoms with Crippen molar-refractivity contribution in [3.63, 3.8) is 0 Å². The van der Waals surface area contributed by atoms with Crippen LogP contribution < -0.4 is 16.2 Å². The van der Waals surface area contributed by atoms with Gasteiger partial charge in [-0.15, -0.1) is 0 Å². The minimum Gasteiger partial charge on any atom is -0.444 e. The van der Waals surface area contributed by atoms with E-state index >= 15 is 0 Å². The predicted octanol–water partition coefficient (Wildman–Crippen LogP) is 0.286. The van der Waals surface area contributed by atoms with Crippen molar-refractivity contribution in [3.8, 4) is 0 Å². The molecule has 1 saturated heterocycles. The molecule has 22 heavy (non-hydrogen) atoms. The van der Waals surface area contributed by atoms with Crippen LogP contribution in [0.3, 0.4) is 0 Å². The molecule has 8 heteroatoms. The van der Waals surface area contributed by atoms with Crippen LogP contribution in [0.25, 0.3) is 0 Å². The van der Waals surface area contributed by atoms with Gasteiger partial charge in [-0.3, -0.25) is 9.78 Å². The first-order valence-electron chi connectivity index (χ1n) is 7.31. The highest BCUT2D eigenvalue weighted by Gasteiger charge is 2.26. The number of carbonyl (C=O) groups is 1. The van der Waals surface area contributed by atoms with Gasteiger partial charge in [-0.1, -0.05) is 0 Å². The maximum atomic E-state index is 12.0. The lowest BCUT2D eigenvalue weighted by Gasteiger charge is -2.35. The summed E-state index contributed by atoms with van der Waals surface area (Å²) in [5.41, 5.74) is 5.36. The molecular formula is C14H23N5O3. The number of hydrogen-bond acceptors (Lipinski definition) is 6. The van der Waals surface area contributed by atoms with Gasteiger partial charge in [0.05, 0.1) is 5.69 Å². The maximum Gasteiger partial charge on any atom is 0.410 e. The molecule has 1 aromatic heterocycles. The van der Waals surface area contributed by atoms with E-state index in [4.69, 9.17) is 10.5 Å². The van der Waals surface area contributed by atoms with Gasteiger partial charge in [0.25, 0.3) is 5.56 Å². The molecule has 8 nitrogen and oxygen atoms in total. The summed E-state index contributed by atoms with van der Waals surface area (Å²) in [4.78, 5) is 34.2. The average Bonchev–Trinajstić information content (AvgIpc) is 2.45. The van der Waals surface area contributed by atoms with E-state index in [1.165, 1.54) is 6.07 Å². The predicted molar refractivity (Wildman–Crippen MR) is 82.8 cm³/mol. The second-order valence-corrected chi connectivity index (χ2v) is 6.22. The molecule has 1 aromatic rings. The van der Waals surface area contributed by atoms with E-state index < -0.39 is 5.60 Å². The van der Waals surface area contributed by atoms with E-state index in [1.807, 2.05) is 25.7 Å². The third-order valence-electron chi connectivity index (χ3n) is 3.22. The van der Waals surface area contributed by atoms with E-state index in [-0.39, 0.29) is 18.2 Å². The maximum absolute atomic E-state index is 12.0. The number of aromatic amines is 1. The second-order valence-electron chi connectivity index (χ2n) is 6.22. The van der Waals surface area contributed by atoms with Gasteiger partial charge in [-0.25, -0.2) is 9.78 Å². The van der Waals surface area contributed by atoms with Crippen LogP contribution in [0.15, 0.2) is 10.9 Å². The molecule has 3 N–H and O–H groups in total. The van der Waals surface area contributed by atoms with Gasteiger partial charge in [-0.2, -0.15) is 0 Å². The SMILES string of the molecule is CC(C)(C)OC(=O)N1CCN(c2nc(CN)cc(=O)[nH]2)CC1. The Bertz CT molecular complexity index is 585. The number of rotatable bonds is 2. The lowest BCUT2D eigenvalue weighted by atomic mass is 10.2. The van der Waals surface area contributed by atoms with Crippen molar-refractivity contribution in [2.45, 2.75) is 32.9 Å². The quantitative estimate of drug-likeness (QED) is 0.813. The third-order valence-corrected chi connectivity index (χ3v) is 3.22. The molecular weight excluding hydrogens is 286 g/mol. The largest absolute Gasteiger partial charge is 0.444 e. The summed E-state index contributed by atoms with van der Waals surface area (Å²) in [6.45, 7) is 7.94. The van der Waals surface area contributed by atoms with Crippen molar-refractivity contribution >= 4 is 12.0 Å². The van der Waals surface area contributed by atoms with E-state index in [0.717, 1.165) is 0 Å². The van der Waals surface area contributed by atoms with Gasteiger partial charge in [0.1, 0.15) is 5.60 Å². The number of piperazine rings is 1. The van der Waals surface area contributed by atoms with Crippen molar-refractivity contribution in [2.75, 3.05) is 31.1 Å². The summed E-state index contributed by atoms with van der Waals surface area (Å²) in [5, 5.41) is 0. The minimum atomic E-state index is -0.504. The van der Waals surface area contributed by atoms with Crippen LogP contribution in [-0.2, 0) is 11.3 Å². The van der Waals surface area contributed by atoms with Gasteiger partial charge >= 0.3 is 6.09 Å². The van der Waals surface area contributed by atoms with E-state index in [1.54, 1.807) is 4.90 Å². The molecule has 1 aliphatic rings. The summed E-state index contributed by atoms with van der Waals surface area (Å²) in [5.74, 6) is 0.497. The molecule has 122 valence electrons. The molecule has 2 heterocycles. The second kappa shape index (κ2) is 6.35. The fraction of sp³-hybridized carbons (Fsp3) is 0.643. The van der Waals surface area contributed by atoms with E-state index in [9.17, 15) is 9.59 Å². The fourth-order valence-electron chi connectivity index (χ4n) is 2.18. The zero-order valence-corrected chi connectivity index (χ0v) is 13.3. The number of nitrogens with one attached hydrogen (secondary N) is 1. The Morgan fingerprint density at radius 1 is 1.36 bits per heavy atom. The molecule has 2 rings (SSSR count). The number of ether oxygens (including phenoxy) is 1. The lowest BCUT2D eigenvalue weighted by Crippen LogP contribution is -2.50. The number of nitrogens with two attached hydrogens (primary N) is 1. The third kappa shape index (κ3) is 4.20. The van der Waals surface area contributed by atoms with Gasteiger partial charge in [0, 0.05) is 38.8 Å². The van der Waals surface area contributed by atoms with E-state index in [0.29, 0.717) is 37.8 Å². The summed E-state index contributed by atoms with van der Waals surface area (Å²) in [6, 6.07) is 1.39. The molecule has 0 unspecified atom stereocenters. The smallest absolute Gasteiger partial charge is 0.410 e. The molecule has 1 aliphatic heterocycles. The van der Waals surface area contributed by atoms with Crippen molar-refractivity contribution < 1.29 is 9.53 Å². The van der Waals surface area contributed by atoms with Gasteiger partial charge in [-0.05, 0) is 20.8 Å². The number of nitrogens with zero attached hydrogens (tertiary/aromatic N) is 3. The fourth-order valence-corrected chi connectivity index (χ4v) is 2.18. The Labute approximate surface area is 129 Å². The Kier molecular flexibility index (Phi) is 4.70. The number of hydrogen-bond donors (Lipinski definition) is 2. The Hall–Kier alpha value is -2.09. The van der Waals surface area contributed by atoms with Gasteiger partial charge < -0.3 is 20.3 Å². The Balaban J connectivity index is 1.99. The number of carbonyl (C=O) groups excluding carboxylic acids is 1. The molecule has 1 fully saturated rings. The normalized spacial score (nSPS) is 15.8. The van der Waals surface area contributed by atoms with Crippen molar-refractivity contribution in [2.24, 2.45) is 5.73 Å². The first-order chi connectivity index (χ1) is 10.3. The number of H-pyrrole nitrogens is 1. The summed E-state index contributed by atoms with van der Waals surface area (Å²) in [7, 11) is 0. The van der Waals surface area contributed by atoms with Crippen LogP contribution in [0.2, 0.25) is 0 Å². The standard InChI is InChI=1S/C14H23N5O3/c1-14(2,3)22-13(21)19-6-4-18(5-7-19)12-16-10(9-15)8-11(20)17-12/h8H,4-7,9,15H2,1-3H3,(H,16,17,20). The minimum absolute atomic E-state index is 0.217. The molecule has 0 aliphatic carbocycles. The first kappa shape index (κ1) is 16.3. The van der Waals surface area contributed by atoms with Crippen molar-refractivity contribution in [3.05, 3.63) is 22.1 Å². The van der Waals surface area contributed by atoms with Crippen LogP contribution in [0.5, 0.6) is 0 Å². The lowest BCUT2D eigenvalue weighted by molar-refractivity contribution is 0.0240.